The number of hydrogen-bond acceptors (Lipinski definition) is 2. The summed E-state index contributed by atoms with van der Waals surface area (Å²) in [5.41, 5.74) is 7.08. The third kappa shape index (κ3) is 2.49. The fourth-order valence-electron chi connectivity index (χ4n) is 1.69. The first-order valence-electron chi connectivity index (χ1n) is 4.78. The smallest absolute Gasteiger partial charge is 0.336 e. The lowest BCUT2D eigenvalue weighted by Gasteiger charge is -2.13. The van der Waals surface area contributed by atoms with Crippen molar-refractivity contribution in [2.45, 2.75) is 18.9 Å². The fourth-order valence-corrected chi connectivity index (χ4v) is 1.69. The molecule has 3 nitrogen and oxygen atoms in total. The van der Waals surface area contributed by atoms with Gasteiger partial charge in [-0.05, 0) is 30.4 Å². The lowest BCUT2D eigenvalue weighted by atomic mass is 9.98. The summed E-state index contributed by atoms with van der Waals surface area (Å²) in [6.07, 6.45) is 2.24. The van der Waals surface area contributed by atoms with Crippen molar-refractivity contribution in [3.05, 3.63) is 35.4 Å². The molecule has 1 atom stereocenters. The molecular weight excluding hydrogens is 214 g/mol. The van der Waals surface area contributed by atoms with Crippen LogP contribution in [0, 0.1) is 5.92 Å². The van der Waals surface area contributed by atoms with Crippen molar-refractivity contribution in [3.8, 4) is 0 Å². The summed E-state index contributed by atoms with van der Waals surface area (Å²) in [5, 5.41) is 8.96. The first-order valence-corrected chi connectivity index (χ1v) is 4.78. The molecule has 0 aliphatic heterocycles. The van der Waals surface area contributed by atoms with Crippen molar-refractivity contribution in [2.75, 3.05) is 0 Å². The molecule has 1 saturated carbocycles. The maximum absolute atomic E-state index is 10.9. The Morgan fingerprint density at radius 3 is 2.53 bits per heavy atom. The van der Waals surface area contributed by atoms with E-state index in [0.29, 0.717) is 11.5 Å². The predicted octanol–water partition coefficient (Wildman–Crippen LogP) is 2.22. The highest BCUT2D eigenvalue weighted by Gasteiger charge is 2.31. The quantitative estimate of drug-likeness (QED) is 0.832. The molecule has 0 amide bonds. The summed E-state index contributed by atoms with van der Waals surface area (Å²) in [6.45, 7) is 0. The molecule has 1 unspecified atom stereocenters. The van der Waals surface area contributed by atoms with Crippen LogP contribution in [-0.2, 0) is 0 Å². The molecule has 0 bridgehead atoms. The van der Waals surface area contributed by atoms with Gasteiger partial charge in [0.2, 0.25) is 0 Å². The molecule has 1 aliphatic rings. The summed E-state index contributed by atoms with van der Waals surface area (Å²) < 4.78 is 0. The van der Waals surface area contributed by atoms with Crippen LogP contribution in [-0.4, -0.2) is 11.1 Å². The zero-order valence-electron chi connectivity index (χ0n) is 8.22. The minimum absolute atomic E-state index is 0. The number of carboxylic acid groups (broad SMARTS) is 1. The Hall–Kier alpha value is -1.06. The molecular formula is C11H14ClNO2. The van der Waals surface area contributed by atoms with E-state index in [9.17, 15) is 4.79 Å². The molecule has 2 rings (SSSR count). The van der Waals surface area contributed by atoms with Gasteiger partial charge in [0.05, 0.1) is 5.56 Å². The Bertz CT molecular complexity index is 363. The van der Waals surface area contributed by atoms with Gasteiger partial charge in [-0.3, -0.25) is 0 Å². The maximum atomic E-state index is 10.9. The minimum atomic E-state index is -0.892. The maximum Gasteiger partial charge on any atom is 0.336 e. The lowest BCUT2D eigenvalue weighted by Crippen LogP contribution is -2.16. The molecule has 0 aromatic heterocycles. The third-order valence-electron chi connectivity index (χ3n) is 2.68. The highest BCUT2D eigenvalue weighted by molar-refractivity contribution is 5.89. The normalized spacial score (nSPS) is 16.6. The molecule has 1 fully saturated rings. The number of benzene rings is 1. The molecule has 1 aliphatic carbocycles. The first-order chi connectivity index (χ1) is 6.70. The van der Waals surface area contributed by atoms with Crippen LogP contribution < -0.4 is 5.73 Å². The van der Waals surface area contributed by atoms with Crippen LogP contribution in [0.15, 0.2) is 24.3 Å². The largest absolute Gasteiger partial charge is 0.478 e. The summed E-state index contributed by atoms with van der Waals surface area (Å²) in [4.78, 5) is 10.9. The van der Waals surface area contributed by atoms with E-state index in [1.807, 2.05) is 12.1 Å². The van der Waals surface area contributed by atoms with Gasteiger partial charge in [-0.1, -0.05) is 18.2 Å². The van der Waals surface area contributed by atoms with Crippen LogP contribution >= 0.6 is 12.4 Å². The second kappa shape index (κ2) is 4.64. The summed E-state index contributed by atoms with van der Waals surface area (Å²) in [6, 6.07) is 6.88. The molecule has 1 aromatic rings. The minimum Gasteiger partial charge on any atom is -0.478 e. The van der Waals surface area contributed by atoms with Gasteiger partial charge in [-0.25, -0.2) is 4.79 Å². The number of halogens is 1. The number of nitrogens with two attached hydrogens (primary N) is 1. The van der Waals surface area contributed by atoms with Crippen LogP contribution in [0.25, 0.3) is 0 Å². The van der Waals surface area contributed by atoms with Crippen molar-refractivity contribution in [1.29, 1.82) is 0 Å². The zero-order valence-corrected chi connectivity index (χ0v) is 9.04. The zero-order chi connectivity index (χ0) is 10.1. The Labute approximate surface area is 94.7 Å². The number of rotatable bonds is 3. The van der Waals surface area contributed by atoms with Crippen LogP contribution in [0.5, 0.6) is 0 Å². The number of carboxylic acids is 1. The van der Waals surface area contributed by atoms with Crippen molar-refractivity contribution in [2.24, 2.45) is 11.7 Å². The van der Waals surface area contributed by atoms with Gasteiger partial charge in [0.15, 0.2) is 0 Å². The number of carbonyl (C=O) groups is 1. The van der Waals surface area contributed by atoms with E-state index in [1.54, 1.807) is 12.1 Å². The van der Waals surface area contributed by atoms with Crippen molar-refractivity contribution in [1.82, 2.24) is 0 Å². The van der Waals surface area contributed by atoms with Gasteiger partial charge >= 0.3 is 5.97 Å². The van der Waals surface area contributed by atoms with Crippen LogP contribution in [0.3, 0.4) is 0 Å². The van der Waals surface area contributed by atoms with Gasteiger partial charge in [0, 0.05) is 6.04 Å². The van der Waals surface area contributed by atoms with Gasteiger partial charge in [0.25, 0.3) is 0 Å². The van der Waals surface area contributed by atoms with Crippen LogP contribution in [0.4, 0.5) is 0 Å². The average molecular weight is 228 g/mol. The molecule has 4 heteroatoms. The number of hydrogen-bond donors (Lipinski definition) is 2. The van der Waals surface area contributed by atoms with E-state index < -0.39 is 5.97 Å². The topological polar surface area (TPSA) is 63.3 Å². The Kier molecular flexibility index (Phi) is 3.72. The molecule has 0 radical (unpaired) electrons. The molecule has 0 spiro atoms. The fraction of sp³-hybridized carbons (Fsp3) is 0.364. The van der Waals surface area contributed by atoms with E-state index in [1.165, 1.54) is 0 Å². The van der Waals surface area contributed by atoms with Crippen molar-refractivity contribution >= 4 is 18.4 Å². The van der Waals surface area contributed by atoms with E-state index >= 15 is 0 Å². The molecule has 0 heterocycles. The van der Waals surface area contributed by atoms with E-state index in [4.69, 9.17) is 10.8 Å². The number of aromatic carboxylic acids is 1. The van der Waals surface area contributed by atoms with Gasteiger partial charge < -0.3 is 10.8 Å². The Balaban J connectivity index is 0.00000112. The highest BCUT2D eigenvalue weighted by atomic mass is 35.5. The molecule has 82 valence electrons. The van der Waals surface area contributed by atoms with E-state index in [0.717, 1.165) is 18.4 Å². The van der Waals surface area contributed by atoms with E-state index in [2.05, 4.69) is 0 Å². The monoisotopic (exact) mass is 227 g/mol. The first kappa shape index (κ1) is 12.0. The Morgan fingerprint density at radius 1 is 1.40 bits per heavy atom. The van der Waals surface area contributed by atoms with Crippen LogP contribution in [0.2, 0.25) is 0 Å². The summed E-state index contributed by atoms with van der Waals surface area (Å²) in [7, 11) is 0. The molecule has 3 N–H and O–H groups in total. The standard InChI is InChI=1S/C11H13NO2.ClH/c12-10(7-5-6-7)8-3-1-2-4-9(8)11(13)14;/h1-4,7,10H,5-6,12H2,(H,13,14);1H. The lowest BCUT2D eigenvalue weighted by molar-refractivity contribution is 0.0695. The predicted molar refractivity (Wildman–Crippen MR) is 60.3 cm³/mol. The average Bonchev–Trinajstić information content (AvgIpc) is 3.00. The van der Waals surface area contributed by atoms with Crippen molar-refractivity contribution < 1.29 is 9.90 Å². The highest BCUT2D eigenvalue weighted by Crippen LogP contribution is 2.40. The SMILES string of the molecule is Cl.NC(c1ccccc1C(=O)O)C1CC1. The van der Waals surface area contributed by atoms with E-state index in [-0.39, 0.29) is 18.4 Å². The Morgan fingerprint density at radius 2 is 2.00 bits per heavy atom. The molecule has 15 heavy (non-hydrogen) atoms. The third-order valence-corrected chi connectivity index (χ3v) is 2.68. The van der Waals surface area contributed by atoms with Gasteiger partial charge in [-0.15, -0.1) is 12.4 Å². The van der Waals surface area contributed by atoms with Crippen molar-refractivity contribution in [3.63, 3.8) is 0 Å². The van der Waals surface area contributed by atoms with Crippen LogP contribution in [0.1, 0.15) is 34.8 Å². The van der Waals surface area contributed by atoms with Gasteiger partial charge in [-0.2, -0.15) is 0 Å². The molecule has 0 saturated heterocycles. The second-order valence-corrected chi connectivity index (χ2v) is 3.76. The second-order valence-electron chi connectivity index (χ2n) is 3.76. The van der Waals surface area contributed by atoms with Gasteiger partial charge in [0.1, 0.15) is 0 Å². The summed E-state index contributed by atoms with van der Waals surface area (Å²) >= 11 is 0. The molecule has 1 aromatic carbocycles. The summed E-state index contributed by atoms with van der Waals surface area (Å²) in [5.74, 6) is -0.410.